The van der Waals surface area contributed by atoms with Crippen LogP contribution in [0.4, 0.5) is 10.5 Å². The normalized spacial score (nSPS) is 16.0. The number of ether oxygens (including phenoxy) is 1. The number of nitrogens with zero attached hydrogens (tertiary/aromatic N) is 2. The molecule has 1 saturated heterocycles. The van der Waals surface area contributed by atoms with Crippen molar-refractivity contribution < 1.29 is 19.1 Å². The van der Waals surface area contributed by atoms with Crippen molar-refractivity contribution in [3.8, 4) is 0 Å². The highest BCUT2D eigenvalue weighted by atomic mass is 16.5. The molecule has 1 aliphatic rings. The molecule has 0 spiro atoms. The number of hydrogen-bond acceptors (Lipinski definition) is 4. The van der Waals surface area contributed by atoms with Gasteiger partial charge in [0.25, 0.3) is 5.91 Å². The van der Waals surface area contributed by atoms with E-state index in [9.17, 15) is 14.4 Å². The topological polar surface area (TPSA) is 66.9 Å². The first-order valence-electron chi connectivity index (χ1n) is 10.0. The van der Waals surface area contributed by atoms with Crippen LogP contribution in [0, 0.1) is 0 Å². The molecule has 0 aliphatic carbocycles. The van der Waals surface area contributed by atoms with Gasteiger partial charge >= 0.3 is 12.0 Å². The Morgan fingerprint density at radius 3 is 2.03 bits per heavy atom. The fraction of sp³-hybridized carbons (Fsp3) is 0.160. The summed E-state index contributed by atoms with van der Waals surface area (Å²) in [5.74, 6) is -0.756. The van der Waals surface area contributed by atoms with Crippen molar-refractivity contribution in [2.75, 3.05) is 4.90 Å². The fourth-order valence-electron chi connectivity index (χ4n) is 3.48. The van der Waals surface area contributed by atoms with Gasteiger partial charge in [0, 0.05) is 6.54 Å². The lowest BCUT2D eigenvalue weighted by atomic mass is 10.2. The predicted molar refractivity (Wildman–Crippen MR) is 116 cm³/mol. The highest BCUT2D eigenvalue weighted by Gasteiger charge is 2.43. The van der Waals surface area contributed by atoms with Gasteiger partial charge in [0.1, 0.15) is 12.6 Å². The lowest BCUT2D eigenvalue weighted by Gasteiger charge is -2.19. The van der Waals surface area contributed by atoms with Crippen LogP contribution in [0.2, 0.25) is 0 Å². The van der Waals surface area contributed by atoms with Gasteiger partial charge in [0.2, 0.25) is 0 Å². The third-order valence-corrected chi connectivity index (χ3v) is 5.25. The van der Waals surface area contributed by atoms with Crippen molar-refractivity contribution in [2.45, 2.75) is 26.1 Å². The second kappa shape index (κ2) is 8.83. The number of carbonyl (C=O) groups is 3. The Morgan fingerprint density at radius 1 is 0.839 bits per heavy atom. The Morgan fingerprint density at radius 2 is 1.42 bits per heavy atom. The highest BCUT2D eigenvalue weighted by molar-refractivity contribution is 6.21. The smallest absolute Gasteiger partial charge is 0.338 e. The van der Waals surface area contributed by atoms with Gasteiger partial charge in [0.15, 0.2) is 0 Å². The summed E-state index contributed by atoms with van der Waals surface area (Å²) in [4.78, 5) is 40.7. The minimum atomic E-state index is -0.566. The molecule has 6 nitrogen and oxygen atoms in total. The molecular weight excluding hydrogens is 392 g/mol. The first-order valence-corrected chi connectivity index (χ1v) is 10.0. The zero-order valence-electron chi connectivity index (χ0n) is 17.1. The predicted octanol–water partition coefficient (Wildman–Crippen LogP) is 4.40. The number of imide groups is 1. The Labute approximate surface area is 180 Å². The van der Waals surface area contributed by atoms with Crippen LogP contribution in [0.1, 0.15) is 28.4 Å². The molecule has 156 valence electrons. The molecule has 4 rings (SSSR count). The molecule has 1 aliphatic heterocycles. The fourth-order valence-corrected chi connectivity index (χ4v) is 3.48. The highest BCUT2D eigenvalue weighted by Crippen LogP contribution is 2.27. The third-order valence-electron chi connectivity index (χ3n) is 5.25. The second-order valence-corrected chi connectivity index (χ2v) is 7.35. The number of rotatable bonds is 6. The number of amides is 3. The van der Waals surface area contributed by atoms with Crippen LogP contribution in [-0.4, -0.2) is 28.8 Å². The van der Waals surface area contributed by atoms with Crippen molar-refractivity contribution in [1.82, 2.24) is 4.90 Å². The molecule has 6 heteroatoms. The zero-order valence-corrected chi connectivity index (χ0v) is 17.1. The average molecular weight is 414 g/mol. The molecule has 1 atom stereocenters. The summed E-state index contributed by atoms with van der Waals surface area (Å²) in [5.41, 5.74) is 2.63. The summed E-state index contributed by atoms with van der Waals surface area (Å²) in [6, 6.07) is 24.3. The molecule has 0 aromatic heterocycles. The van der Waals surface area contributed by atoms with Gasteiger partial charge in [-0.25, -0.2) is 14.5 Å². The van der Waals surface area contributed by atoms with E-state index in [4.69, 9.17) is 4.74 Å². The quantitative estimate of drug-likeness (QED) is 0.443. The first kappa shape index (κ1) is 20.3. The van der Waals surface area contributed by atoms with Gasteiger partial charge in [-0.2, -0.15) is 0 Å². The van der Waals surface area contributed by atoms with E-state index in [1.807, 2.05) is 60.7 Å². The van der Waals surface area contributed by atoms with Crippen molar-refractivity contribution in [2.24, 2.45) is 0 Å². The average Bonchev–Trinajstić information content (AvgIpc) is 3.02. The maximum atomic E-state index is 12.9. The van der Waals surface area contributed by atoms with Crippen LogP contribution >= 0.6 is 0 Å². The zero-order chi connectivity index (χ0) is 21.8. The van der Waals surface area contributed by atoms with Gasteiger partial charge < -0.3 is 9.64 Å². The summed E-state index contributed by atoms with van der Waals surface area (Å²) in [6.07, 6.45) is 0. The Kier molecular flexibility index (Phi) is 5.80. The molecule has 3 aromatic carbocycles. The number of hydrogen-bond donors (Lipinski definition) is 0. The number of urea groups is 1. The summed E-state index contributed by atoms with van der Waals surface area (Å²) in [6.45, 7) is 2.25. The number of anilines is 1. The molecule has 1 heterocycles. The standard InChI is InChI=1S/C25H22N2O4/c1-18-23(28)27(25(30)26(18)16-19-8-4-2-5-9-19)22-14-12-21(13-15-22)24(29)31-17-20-10-6-3-7-11-20/h2-15,18H,16-17H2,1H3/t18-/m0/s1. The molecule has 0 radical (unpaired) electrons. The van der Waals surface area contributed by atoms with Gasteiger partial charge in [0.05, 0.1) is 11.3 Å². The Hall–Kier alpha value is -3.93. The molecule has 1 fully saturated rings. The molecule has 0 bridgehead atoms. The molecule has 0 saturated carbocycles. The van der Waals surface area contributed by atoms with E-state index in [1.165, 1.54) is 0 Å². The monoisotopic (exact) mass is 414 g/mol. The van der Waals surface area contributed by atoms with Crippen LogP contribution in [0.15, 0.2) is 84.9 Å². The lowest BCUT2D eigenvalue weighted by molar-refractivity contribution is -0.119. The molecule has 31 heavy (non-hydrogen) atoms. The summed E-state index contributed by atoms with van der Waals surface area (Å²) in [5, 5.41) is 0. The second-order valence-electron chi connectivity index (χ2n) is 7.35. The van der Waals surface area contributed by atoms with Crippen molar-refractivity contribution in [1.29, 1.82) is 0 Å². The summed E-state index contributed by atoms with van der Waals surface area (Å²) >= 11 is 0. The molecule has 3 amide bonds. The first-order chi connectivity index (χ1) is 15.0. The molecule has 0 N–H and O–H groups in total. The minimum absolute atomic E-state index is 0.177. The van der Waals surface area contributed by atoms with Crippen molar-refractivity contribution in [3.63, 3.8) is 0 Å². The number of carbonyl (C=O) groups excluding carboxylic acids is 3. The minimum Gasteiger partial charge on any atom is -0.457 e. The van der Waals surface area contributed by atoms with E-state index < -0.39 is 12.0 Å². The molecular formula is C25H22N2O4. The van der Waals surface area contributed by atoms with Gasteiger partial charge in [-0.3, -0.25) is 4.79 Å². The van der Waals surface area contributed by atoms with E-state index in [1.54, 1.807) is 36.1 Å². The number of benzene rings is 3. The summed E-state index contributed by atoms with van der Waals surface area (Å²) < 4.78 is 5.33. The van der Waals surface area contributed by atoms with Crippen LogP contribution in [-0.2, 0) is 22.7 Å². The Balaban J connectivity index is 1.45. The van der Waals surface area contributed by atoms with Crippen molar-refractivity contribution in [3.05, 3.63) is 102 Å². The van der Waals surface area contributed by atoms with Gasteiger partial charge in [-0.1, -0.05) is 60.7 Å². The molecule has 0 unspecified atom stereocenters. The third kappa shape index (κ3) is 4.33. The van der Waals surface area contributed by atoms with Gasteiger partial charge in [-0.05, 0) is 42.3 Å². The van der Waals surface area contributed by atoms with Crippen LogP contribution < -0.4 is 4.90 Å². The SMILES string of the molecule is C[C@H]1C(=O)N(c2ccc(C(=O)OCc3ccccc3)cc2)C(=O)N1Cc1ccccc1. The van der Waals surface area contributed by atoms with Gasteiger partial charge in [-0.15, -0.1) is 0 Å². The maximum Gasteiger partial charge on any atom is 0.338 e. The van der Waals surface area contributed by atoms with E-state index in [0.717, 1.165) is 16.0 Å². The van der Waals surface area contributed by atoms with E-state index in [0.29, 0.717) is 17.8 Å². The number of esters is 1. The van der Waals surface area contributed by atoms with Crippen LogP contribution in [0.5, 0.6) is 0 Å². The van der Waals surface area contributed by atoms with E-state index in [-0.39, 0.29) is 18.5 Å². The van der Waals surface area contributed by atoms with E-state index in [2.05, 4.69) is 0 Å². The molecule has 3 aromatic rings. The van der Waals surface area contributed by atoms with Crippen LogP contribution in [0.3, 0.4) is 0 Å². The van der Waals surface area contributed by atoms with Crippen molar-refractivity contribution >= 4 is 23.6 Å². The van der Waals surface area contributed by atoms with Crippen LogP contribution in [0.25, 0.3) is 0 Å². The maximum absolute atomic E-state index is 12.9. The summed E-state index contributed by atoms with van der Waals surface area (Å²) in [7, 11) is 0. The largest absolute Gasteiger partial charge is 0.457 e. The Bertz CT molecular complexity index is 1080. The van der Waals surface area contributed by atoms with E-state index >= 15 is 0 Å². The lowest BCUT2D eigenvalue weighted by Crippen LogP contribution is -2.33.